The lowest BCUT2D eigenvalue weighted by molar-refractivity contribution is -0.384. The van der Waals surface area contributed by atoms with Crippen LogP contribution in [-0.4, -0.2) is 57.0 Å². The highest BCUT2D eigenvalue weighted by Crippen LogP contribution is 2.31. The van der Waals surface area contributed by atoms with Crippen LogP contribution in [0.1, 0.15) is 6.92 Å². The third-order valence-electron chi connectivity index (χ3n) is 4.17. The molecule has 0 unspecified atom stereocenters. The molecule has 1 aromatic carbocycles. The first kappa shape index (κ1) is 15.1. The summed E-state index contributed by atoms with van der Waals surface area (Å²) in [5.41, 5.74) is 1.93. The molecule has 0 amide bonds. The normalized spacial score (nSPS) is 22.7. The van der Waals surface area contributed by atoms with Gasteiger partial charge >= 0.3 is 0 Å². The monoisotopic (exact) mass is 307 g/mol. The molecule has 0 radical (unpaired) electrons. The van der Waals surface area contributed by atoms with E-state index in [0.29, 0.717) is 26.4 Å². The number of morpholine rings is 2. The molecule has 120 valence electrons. The molecule has 7 heteroatoms. The van der Waals surface area contributed by atoms with Crippen molar-refractivity contribution in [2.45, 2.75) is 13.0 Å². The van der Waals surface area contributed by atoms with E-state index in [1.165, 1.54) is 0 Å². The molecule has 0 N–H and O–H groups in total. The molecule has 0 aliphatic carbocycles. The smallest absolute Gasteiger partial charge is 0.273 e. The van der Waals surface area contributed by atoms with Gasteiger partial charge in [0.05, 0.1) is 31.4 Å². The zero-order chi connectivity index (χ0) is 15.5. The van der Waals surface area contributed by atoms with E-state index in [1.807, 2.05) is 6.07 Å². The maximum absolute atomic E-state index is 11.3. The summed E-state index contributed by atoms with van der Waals surface area (Å²) < 4.78 is 10.8. The summed E-state index contributed by atoms with van der Waals surface area (Å²) in [7, 11) is 0. The van der Waals surface area contributed by atoms with Crippen molar-refractivity contribution in [2.75, 3.05) is 55.9 Å². The van der Waals surface area contributed by atoms with Crippen LogP contribution in [0.15, 0.2) is 18.2 Å². The maximum Gasteiger partial charge on any atom is 0.273 e. The van der Waals surface area contributed by atoms with Crippen molar-refractivity contribution in [2.24, 2.45) is 0 Å². The van der Waals surface area contributed by atoms with Crippen molar-refractivity contribution in [3.63, 3.8) is 0 Å². The number of hydrogen-bond acceptors (Lipinski definition) is 6. The first-order valence-corrected chi connectivity index (χ1v) is 7.62. The Morgan fingerprint density at radius 2 is 1.77 bits per heavy atom. The number of nitro groups is 1. The molecule has 0 aromatic heterocycles. The quantitative estimate of drug-likeness (QED) is 0.625. The van der Waals surface area contributed by atoms with E-state index in [1.54, 1.807) is 12.1 Å². The van der Waals surface area contributed by atoms with Crippen molar-refractivity contribution >= 4 is 17.1 Å². The highest BCUT2D eigenvalue weighted by atomic mass is 16.6. The van der Waals surface area contributed by atoms with Gasteiger partial charge in [-0.1, -0.05) is 0 Å². The van der Waals surface area contributed by atoms with Crippen LogP contribution in [-0.2, 0) is 9.47 Å². The van der Waals surface area contributed by atoms with Gasteiger partial charge < -0.3 is 19.3 Å². The summed E-state index contributed by atoms with van der Waals surface area (Å²) in [5, 5.41) is 11.3. The summed E-state index contributed by atoms with van der Waals surface area (Å²) in [6, 6.07) is 5.57. The molecular formula is C15H21N3O4. The van der Waals surface area contributed by atoms with Gasteiger partial charge in [0.25, 0.3) is 5.69 Å². The van der Waals surface area contributed by atoms with Crippen LogP contribution in [0.4, 0.5) is 17.1 Å². The summed E-state index contributed by atoms with van der Waals surface area (Å²) in [6.07, 6.45) is 0. The minimum absolute atomic E-state index is 0.137. The van der Waals surface area contributed by atoms with E-state index < -0.39 is 0 Å². The molecule has 0 spiro atoms. The molecule has 2 fully saturated rings. The zero-order valence-electron chi connectivity index (χ0n) is 12.7. The molecule has 0 bridgehead atoms. The predicted molar refractivity (Wildman–Crippen MR) is 83.8 cm³/mol. The molecule has 7 nitrogen and oxygen atoms in total. The van der Waals surface area contributed by atoms with E-state index in [2.05, 4.69) is 16.7 Å². The molecule has 2 saturated heterocycles. The fourth-order valence-electron chi connectivity index (χ4n) is 2.97. The van der Waals surface area contributed by atoms with Gasteiger partial charge in [-0.15, -0.1) is 0 Å². The lowest BCUT2D eigenvalue weighted by atomic mass is 10.1. The lowest BCUT2D eigenvalue weighted by Gasteiger charge is -2.36. The van der Waals surface area contributed by atoms with Crippen LogP contribution in [0.2, 0.25) is 0 Å². The number of nitrogens with zero attached hydrogens (tertiary/aromatic N) is 3. The second kappa shape index (κ2) is 6.50. The summed E-state index contributed by atoms with van der Waals surface area (Å²) in [6.45, 7) is 6.98. The van der Waals surface area contributed by atoms with Gasteiger partial charge in [-0.2, -0.15) is 0 Å². The number of non-ortho nitro benzene ring substituents is 1. The highest BCUT2D eigenvalue weighted by molar-refractivity contribution is 5.66. The van der Waals surface area contributed by atoms with Crippen molar-refractivity contribution in [3.8, 4) is 0 Å². The average Bonchev–Trinajstić information content (AvgIpc) is 2.55. The van der Waals surface area contributed by atoms with Crippen molar-refractivity contribution < 1.29 is 14.4 Å². The van der Waals surface area contributed by atoms with Crippen molar-refractivity contribution in [1.29, 1.82) is 0 Å². The Balaban J connectivity index is 1.94. The highest BCUT2D eigenvalue weighted by Gasteiger charge is 2.23. The lowest BCUT2D eigenvalue weighted by Crippen LogP contribution is -2.44. The van der Waals surface area contributed by atoms with Crippen LogP contribution >= 0.6 is 0 Å². The number of nitro benzene ring substituents is 1. The first-order valence-electron chi connectivity index (χ1n) is 7.62. The van der Waals surface area contributed by atoms with E-state index in [-0.39, 0.29) is 16.7 Å². The number of hydrogen-bond donors (Lipinski definition) is 0. The van der Waals surface area contributed by atoms with Crippen LogP contribution in [0.25, 0.3) is 0 Å². The Morgan fingerprint density at radius 3 is 2.45 bits per heavy atom. The van der Waals surface area contributed by atoms with Gasteiger partial charge in [0.15, 0.2) is 0 Å². The fraction of sp³-hybridized carbons (Fsp3) is 0.600. The zero-order valence-corrected chi connectivity index (χ0v) is 12.7. The topological polar surface area (TPSA) is 68.1 Å². The Labute approximate surface area is 129 Å². The van der Waals surface area contributed by atoms with E-state index in [4.69, 9.17) is 9.47 Å². The fourth-order valence-corrected chi connectivity index (χ4v) is 2.97. The van der Waals surface area contributed by atoms with Gasteiger partial charge in [0.2, 0.25) is 0 Å². The van der Waals surface area contributed by atoms with Gasteiger partial charge in [-0.3, -0.25) is 10.1 Å². The van der Waals surface area contributed by atoms with Gasteiger partial charge in [0, 0.05) is 49.2 Å². The van der Waals surface area contributed by atoms with Gasteiger partial charge in [-0.05, 0) is 13.0 Å². The Morgan fingerprint density at radius 1 is 1.09 bits per heavy atom. The molecular weight excluding hydrogens is 286 g/mol. The Hall–Kier alpha value is -1.86. The molecule has 1 aromatic rings. The first-order chi connectivity index (χ1) is 10.6. The standard InChI is InChI=1S/C15H21N3O4/c1-12-11-22-7-4-17(12)14-8-13(9-15(10-14)18(19)20)16-2-5-21-6-3-16/h8-10,12H,2-7,11H2,1H3/t12-/m0/s1. The second-order valence-corrected chi connectivity index (χ2v) is 5.68. The second-order valence-electron chi connectivity index (χ2n) is 5.68. The third-order valence-corrected chi connectivity index (χ3v) is 4.17. The number of rotatable bonds is 3. The third kappa shape index (κ3) is 3.15. The molecule has 22 heavy (non-hydrogen) atoms. The van der Waals surface area contributed by atoms with Crippen molar-refractivity contribution in [1.82, 2.24) is 0 Å². The predicted octanol–water partition coefficient (Wildman–Crippen LogP) is 1.66. The number of ether oxygens (including phenoxy) is 2. The summed E-state index contributed by atoms with van der Waals surface area (Å²) >= 11 is 0. The minimum Gasteiger partial charge on any atom is -0.378 e. The van der Waals surface area contributed by atoms with Crippen LogP contribution in [0.3, 0.4) is 0 Å². The minimum atomic E-state index is -0.321. The molecule has 3 rings (SSSR count). The van der Waals surface area contributed by atoms with Crippen LogP contribution in [0, 0.1) is 10.1 Å². The van der Waals surface area contributed by atoms with E-state index in [0.717, 1.165) is 31.0 Å². The van der Waals surface area contributed by atoms with E-state index >= 15 is 0 Å². The molecule has 2 heterocycles. The molecule has 0 saturated carbocycles. The van der Waals surface area contributed by atoms with E-state index in [9.17, 15) is 10.1 Å². The number of benzene rings is 1. The maximum atomic E-state index is 11.3. The number of anilines is 2. The molecule has 2 aliphatic heterocycles. The van der Waals surface area contributed by atoms with Crippen molar-refractivity contribution in [3.05, 3.63) is 28.3 Å². The molecule has 1 atom stereocenters. The molecule has 2 aliphatic rings. The van der Waals surface area contributed by atoms with Crippen LogP contribution in [0.5, 0.6) is 0 Å². The average molecular weight is 307 g/mol. The Kier molecular flexibility index (Phi) is 4.44. The van der Waals surface area contributed by atoms with Crippen LogP contribution < -0.4 is 9.80 Å². The largest absolute Gasteiger partial charge is 0.378 e. The summed E-state index contributed by atoms with van der Waals surface area (Å²) in [5.74, 6) is 0. The van der Waals surface area contributed by atoms with Gasteiger partial charge in [0.1, 0.15) is 0 Å². The summed E-state index contributed by atoms with van der Waals surface area (Å²) in [4.78, 5) is 15.3. The Bertz CT molecular complexity index is 546. The van der Waals surface area contributed by atoms with Gasteiger partial charge in [-0.25, -0.2) is 0 Å². The SMILES string of the molecule is C[C@H]1COCCN1c1cc(N2CCOCC2)cc([N+](=O)[O-])c1.